The second kappa shape index (κ2) is 6.17. The van der Waals surface area contributed by atoms with Crippen LogP contribution in [-0.4, -0.2) is 16.1 Å². The molecule has 6 heteroatoms. The summed E-state index contributed by atoms with van der Waals surface area (Å²) in [4.78, 5) is 14.8. The summed E-state index contributed by atoms with van der Waals surface area (Å²) < 4.78 is 0.790. The van der Waals surface area contributed by atoms with Gasteiger partial charge in [0, 0.05) is 16.4 Å². The first-order chi connectivity index (χ1) is 9.60. The number of nitriles is 1. The number of aromatic nitrogens is 1. The van der Waals surface area contributed by atoms with E-state index in [2.05, 4.69) is 32.3 Å². The smallest absolute Gasteiger partial charge is 0.337 e. The number of carbonyl (C=O) groups is 1. The Balaban J connectivity index is 2.05. The van der Waals surface area contributed by atoms with Gasteiger partial charge in [-0.15, -0.1) is 0 Å². The molecule has 0 unspecified atom stereocenters. The average molecular weight is 332 g/mol. The molecule has 2 rings (SSSR count). The molecular weight excluding hydrogens is 322 g/mol. The van der Waals surface area contributed by atoms with Crippen molar-refractivity contribution in [3.05, 3.63) is 57.8 Å². The highest BCUT2D eigenvalue weighted by Crippen LogP contribution is 2.23. The molecule has 5 nitrogen and oxygen atoms in total. The molecule has 0 amide bonds. The summed E-state index contributed by atoms with van der Waals surface area (Å²) in [6, 6.07) is 10.5. The summed E-state index contributed by atoms with van der Waals surface area (Å²) in [5.74, 6) is -0.994. The molecule has 0 saturated carbocycles. The molecule has 0 aliphatic carbocycles. The molecule has 1 heterocycles. The second-order valence-electron chi connectivity index (χ2n) is 4.00. The van der Waals surface area contributed by atoms with Gasteiger partial charge in [-0.3, -0.25) is 4.98 Å². The van der Waals surface area contributed by atoms with Crippen molar-refractivity contribution in [2.75, 3.05) is 5.32 Å². The molecule has 0 atom stereocenters. The average Bonchev–Trinajstić information content (AvgIpc) is 2.46. The quantitative estimate of drug-likeness (QED) is 0.899. The number of carboxylic acids is 1. The van der Waals surface area contributed by atoms with Gasteiger partial charge in [0.15, 0.2) is 0 Å². The molecule has 0 fully saturated rings. The number of carboxylic acid groups (broad SMARTS) is 1. The molecule has 20 heavy (non-hydrogen) atoms. The number of nitrogens with one attached hydrogen (secondary N) is 1. The number of hydrogen-bond donors (Lipinski definition) is 2. The molecule has 1 aromatic carbocycles. The summed E-state index contributed by atoms with van der Waals surface area (Å²) in [5, 5.41) is 20.7. The molecule has 0 aliphatic rings. The van der Waals surface area contributed by atoms with E-state index in [4.69, 9.17) is 10.4 Å². The normalized spacial score (nSPS) is 9.80. The Hall–Kier alpha value is -2.39. The molecule has 0 saturated heterocycles. The van der Waals surface area contributed by atoms with Crippen LogP contribution in [0.25, 0.3) is 0 Å². The summed E-state index contributed by atoms with van der Waals surface area (Å²) in [7, 11) is 0. The molecule has 0 bridgehead atoms. The fourth-order valence-electron chi connectivity index (χ4n) is 1.57. The van der Waals surface area contributed by atoms with Crippen molar-refractivity contribution in [2.45, 2.75) is 6.54 Å². The van der Waals surface area contributed by atoms with Gasteiger partial charge in [-0.05, 0) is 46.3 Å². The van der Waals surface area contributed by atoms with E-state index in [-0.39, 0.29) is 5.56 Å². The monoisotopic (exact) mass is 331 g/mol. The largest absolute Gasteiger partial charge is 0.478 e. The van der Waals surface area contributed by atoms with Gasteiger partial charge in [-0.2, -0.15) is 5.26 Å². The fourth-order valence-corrected chi connectivity index (χ4v) is 2.09. The van der Waals surface area contributed by atoms with E-state index in [0.29, 0.717) is 12.1 Å². The first-order valence-corrected chi connectivity index (χ1v) is 6.51. The first kappa shape index (κ1) is 14.0. The van der Waals surface area contributed by atoms with Gasteiger partial charge in [0.25, 0.3) is 0 Å². The van der Waals surface area contributed by atoms with E-state index in [9.17, 15) is 4.79 Å². The van der Waals surface area contributed by atoms with Crippen molar-refractivity contribution >= 4 is 27.6 Å². The first-order valence-electron chi connectivity index (χ1n) is 5.72. The van der Waals surface area contributed by atoms with E-state index >= 15 is 0 Å². The third-order valence-corrected chi connectivity index (χ3v) is 3.29. The molecule has 0 aliphatic heterocycles. The molecule has 2 aromatic rings. The van der Waals surface area contributed by atoms with Gasteiger partial charge < -0.3 is 10.4 Å². The van der Waals surface area contributed by atoms with Gasteiger partial charge in [-0.1, -0.05) is 0 Å². The van der Waals surface area contributed by atoms with Crippen LogP contribution >= 0.6 is 15.9 Å². The van der Waals surface area contributed by atoms with Crippen LogP contribution < -0.4 is 5.32 Å². The Morgan fingerprint density at radius 1 is 1.40 bits per heavy atom. The summed E-state index contributed by atoms with van der Waals surface area (Å²) in [6.45, 7) is 0.463. The lowest BCUT2D eigenvalue weighted by atomic mass is 10.2. The van der Waals surface area contributed by atoms with Crippen molar-refractivity contribution in [1.29, 1.82) is 5.26 Å². The van der Waals surface area contributed by atoms with Crippen LogP contribution in [0.2, 0.25) is 0 Å². The standard InChI is InChI=1S/C14H10BrN3O2/c15-12-5-9(6-16)1-4-13(12)18-8-11-3-2-10(7-17-11)14(19)20/h1-5,7,18H,8H2,(H,19,20). The maximum atomic E-state index is 10.7. The number of anilines is 1. The lowest BCUT2D eigenvalue weighted by Gasteiger charge is -2.08. The van der Waals surface area contributed by atoms with Crippen LogP contribution in [0.3, 0.4) is 0 Å². The minimum Gasteiger partial charge on any atom is -0.478 e. The zero-order valence-electron chi connectivity index (χ0n) is 10.3. The van der Waals surface area contributed by atoms with Gasteiger partial charge in [0.05, 0.1) is 29.4 Å². The zero-order valence-corrected chi connectivity index (χ0v) is 11.9. The highest BCUT2D eigenvalue weighted by molar-refractivity contribution is 9.10. The Labute approximate surface area is 124 Å². The van der Waals surface area contributed by atoms with Crippen LogP contribution in [-0.2, 0) is 6.54 Å². The highest BCUT2D eigenvalue weighted by Gasteiger charge is 2.04. The number of rotatable bonds is 4. The van der Waals surface area contributed by atoms with Crippen molar-refractivity contribution < 1.29 is 9.90 Å². The topological polar surface area (TPSA) is 86.0 Å². The molecule has 2 N–H and O–H groups in total. The number of benzene rings is 1. The van der Waals surface area contributed by atoms with Crippen molar-refractivity contribution in [2.24, 2.45) is 0 Å². The van der Waals surface area contributed by atoms with Gasteiger partial charge in [0.1, 0.15) is 0 Å². The van der Waals surface area contributed by atoms with Crippen LogP contribution in [0.5, 0.6) is 0 Å². The predicted octanol–water partition coefficient (Wildman–Crippen LogP) is 3.03. The lowest BCUT2D eigenvalue weighted by Crippen LogP contribution is -2.04. The summed E-state index contributed by atoms with van der Waals surface area (Å²) >= 11 is 3.38. The molecular formula is C14H10BrN3O2. The summed E-state index contributed by atoms with van der Waals surface area (Å²) in [5.41, 5.74) is 2.30. The molecule has 0 spiro atoms. The molecule has 0 radical (unpaired) electrons. The number of halogens is 1. The van der Waals surface area contributed by atoms with Gasteiger partial charge in [-0.25, -0.2) is 4.79 Å². The second-order valence-corrected chi connectivity index (χ2v) is 4.86. The van der Waals surface area contributed by atoms with Crippen molar-refractivity contribution in [3.8, 4) is 6.07 Å². The van der Waals surface area contributed by atoms with Crippen molar-refractivity contribution in [3.63, 3.8) is 0 Å². The van der Waals surface area contributed by atoms with Crippen molar-refractivity contribution in [1.82, 2.24) is 4.98 Å². The Morgan fingerprint density at radius 2 is 2.20 bits per heavy atom. The number of aromatic carboxylic acids is 1. The maximum absolute atomic E-state index is 10.7. The van der Waals surface area contributed by atoms with E-state index < -0.39 is 5.97 Å². The van der Waals surface area contributed by atoms with E-state index in [1.54, 1.807) is 24.3 Å². The van der Waals surface area contributed by atoms with Crippen LogP contribution in [0, 0.1) is 11.3 Å². The third-order valence-electron chi connectivity index (χ3n) is 2.63. The SMILES string of the molecule is N#Cc1ccc(NCc2ccc(C(=O)O)cn2)c(Br)c1. The van der Waals surface area contributed by atoms with Crippen LogP contribution in [0.4, 0.5) is 5.69 Å². The minimum atomic E-state index is -0.994. The molecule has 1 aromatic heterocycles. The lowest BCUT2D eigenvalue weighted by molar-refractivity contribution is 0.0696. The van der Waals surface area contributed by atoms with Crippen LogP contribution in [0.15, 0.2) is 41.0 Å². The Kier molecular flexibility index (Phi) is 4.33. The maximum Gasteiger partial charge on any atom is 0.337 e. The van der Waals surface area contributed by atoms with E-state index in [1.165, 1.54) is 12.3 Å². The number of nitrogens with zero attached hydrogens (tertiary/aromatic N) is 2. The highest BCUT2D eigenvalue weighted by atomic mass is 79.9. The predicted molar refractivity (Wildman–Crippen MR) is 77.4 cm³/mol. The third kappa shape index (κ3) is 3.33. The van der Waals surface area contributed by atoms with E-state index in [1.807, 2.05) is 0 Å². The summed E-state index contributed by atoms with van der Waals surface area (Å²) in [6.07, 6.45) is 1.33. The minimum absolute atomic E-state index is 0.160. The number of pyridine rings is 1. The molecule has 100 valence electrons. The van der Waals surface area contributed by atoms with E-state index in [0.717, 1.165) is 15.9 Å². The Morgan fingerprint density at radius 3 is 2.75 bits per heavy atom. The Bertz CT molecular complexity index is 678. The van der Waals surface area contributed by atoms with Gasteiger partial charge in [0.2, 0.25) is 0 Å². The fraction of sp³-hybridized carbons (Fsp3) is 0.0714. The van der Waals surface area contributed by atoms with Gasteiger partial charge >= 0.3 is 5.97 Å². The van der Waals surface area contributed by atoms with Crippen LogP contribution in [0.1, 0.15) is 21.6 Å². The number of hydrogen-bond acceptors (Lipinski definition) is 4. The zero-order chi connectivity index (χ0) is 14.5.